The lowest BCUT2D eigenvalue weighted by molar-refractivity contribution is -0.150. The van der Waals surface area contributed by atoms with Crippen LogP contribution in [0.25, 0.3) is 0 Å². The van der Waals surface area contributed by atoms with E-state index >= 15 is 0 Å². The second kappa shape index (κ2) is 37.7. The average molecular weight is 752 g/mol. The number of esters is 2. The van der Waals surface area contributed by atoms with E-state index in [1.54, 1.807) is 6.92 Å². The summed E-state index contributed by atoms with van der Waals surface area (Å²) in [6.45, 7) is 10.2. The van der Waals surface area contributed by atoms with Gasteiger partial charge in [-0.2, -0.15) is 0 Å². The highest BCUT2D eigenvalue weighted by molar-refractivity contribution is 5.86. The topological polar surface area (TPSA) is 128 Å². The number of amides is 1. The Balaban J connectivity index is 4.16. The lowest BCUT2D eigenvalue weighted by Gasteiger charge is -2.18. The molecule has 0 saturated heterocycles. The first-order valence-electron chi connectivity index (χ1n) is 21.9. The van der Waals surface area contributed by atoms with E-state index in [-0.39, 0.29) is 31.2 Å². The lowest BCUT2D eigenvalue weighted by Crippen LogP contribution is -2.30. The van der Waals surface area contributed by atoms with Crippen molar-refractivity contribution in [2.45, 2.75) is 232 Å². The monoisotopic (exact) mass is 752 g/mol. The molecule has 0 heterocycles. The van der Waals surface area contributed by atoms with E-state index in [4.69, 9.17) is 19.3 Å². The minimum absolute atomic E-state index is 0.0314. The zero-order valence-corrected chi connectivity index (χ0v) is 34.5. The molecule has 9 nitrogen and oxygen atoms in total. The van der Waals surface area contributed by atoms with Crippen LogP contribution in [0.1, 0.15) is 220 Å². The Labute approximate surface area is 324 Å². The van der Waals surface area contributed by atoms with Gasteiger partial charge in [-0.15, -0.1) is 0 Å². The Kier molecular flexibility index (Phi) is 35.9. The zero-order chi connectivity index (χ0) is 39.2. The first kappa shape index (κ1) is 50.4. The first-order valence-corrected chi connectivity index (χ1v) is 21.9. The Morgan fingerprint density at radius 2 is 0.943 bits per heavy atom. The molecule has 0 aliphatic carbocycles. The number of aliphatic carboxylic acids is 1. The first-order chi connectivity index (χ1) is 25.7. The van der Waals surface area contributed by atoms with Crippen LogP contribution in [0, 0.1) is 0 Å². The number of carboxylic acid groups (broad SMARTS) is 1. The number of nitrogens with one attached hydrogen (secondary N) is 1. The van der Waals surface area contributed by atoms with Gasteiger partial charge in [-0.1, -0.05) is 136 Å². The van der Waals surface area contributed by atoms with Crippen LogP contribution in [0.4, 0.5) is 4.79 Å². The predicted molar refractivity (Wildman–Crippen MR) is 216 cm³/mol. The standard InChI is InChI=1S/C44H81NO8/c1-5-7-9-23-30-39(31-25-19-15-11-13-17-21-27-34-41(46)47)52-42(48)35-28-22-18-14-12-16-20-26-33-40(32-24-10-8-6-2)53-44(50)45-36-29-37-51-43(49)38(3)4/h39-40H,3,5-37H2,1-2,4H3,(H,45,50)(H,46,47). The fourth-order valence-electron chi connectivity index (χ4n) is 6.52. The van der Waals surface area contributed by atoms with E-state index in [9.17, 15) is 19.2 Å². The van der Waals surface area contributed by atoms with Gasteiger partial charge in [-0.25, -0.2) is 9.59 Å². The maximum atomic E-state index is 12.7. The third-order valence-electron chi connectivity index (χ3n) is 9.83. The highest BCUT2D eigenvalue weighted by Crippen LogP contribution is 2.20. The second-order valence-corrected chi connectivity index (χ2v) is 15.2. The fourth-order valence-corrected chi connectivity index (χ4v) is 6.52. The number of carboxylic acids is 1. The zero-order valence-electron chi connectivity index (χ0n) is 34.5. The maximum absolute atomic E-state index is 12.7. The molecule has 2 atom stereocenters. The minimum atomic E-state index is -0.698. The maximum Gasteiger partial charge on any atom is 0.407 e. The van der Waals surface area contributed by atoms with E-state index in [1.807, 2.05) is 0 Å². The summed E-state index contributed by atoms with van der Waals surface area (Å²) in [7, 11) is 0. The van der Waals surface area contributed by atoms with Crippen molar-refractivity contribution in [1.29, 1.82) is 0 Å². The van der Waals surface area contributed by atoms with Crippen LogP contribution in [-0.4, -0.2) is 54.5 Å². The smallest absolute Gasteiger partial charge is 0.407 e. The van der Waals surface area contributed by atoms with Gasteiger partial charge in [0, 0.05) is 25.0 Å². The normalized spacial score (nSPS) is 12.2. The molecule has 0 aromatic heterocycles. The van der Waals surface area contributed by atoms with E-state index in [0.717, 1.165) is 103 Å². The number of carbonyl (C=O) groups excluding carboxylic acids is 3. The second-order valence-electron chi connectivity index (χ2n) is 15.2. The fraction of sp³-hybridized carbons (Fsp3) is 0.864. The molecule has 310 valence electrons. The van der Waals surface area contributed by atoms with Crippen molar-refractivity contribution in [3.8, 4) is 0 Å². The Morgan fingerprint density at radius 1 is 0.547 bits per heavy atom. The molecule has 0 rings (SSSR count). The summed E-state index contributed by atoms with van der Waals surface area (Å²) in [6.07, 6.45) is 31.6. The largest absolute Gasteiger partial charge is 0.481 e. The summed E-state index contributed by atoms with van der Waals surface area (Å²) >= 11 is 0. The van der Waals surface area contributed by atoms with E-state index in [1.165, 1.54) is 77.0 Å². The van der Waals surface area contributed by atoms with Crippen LogP contribution >= 0.6 is 0 Å². The molecule has 0 aromatic rings. The highest BCUT2D eigenvalue weighted by Gasteiger charge is 2.16. The molecule has 0 aromatic carbocycles. The van der Waals surface area contributed by atoms with Crippen molar-refractivity contribution in [3.05, 3.63) is 12.2 Å². The molecule has 0 saturated carbocycles. The summed E-state index contributed by atoms with van der Waals surface area (Å²) in [5, 5.41) is 11.5. The van der Waals surface area contributed by atoms with Gasteiger partial charge in [0.2, 0.25) is 0 Å². The molecule has 0 aliphatic rings. The summed E-state index contributed by atoms with van der Waals surface area (Å²) in [4.78, 5) is 47.1. The molecule has 53 heavy (non-hydrogen) atoms. The summed E-state index contributed by atoms with van der Waals surface area (Å²) < 4.78 is 16.8. The van der Waals surface area contributed by atoms with Gasteiger partial charge >= 0.3 is 24.0 Å². The summed E-state index contributed by atoms with van der Waals surface area (Å²) in [5.74, 6) is -1.14. The van der Waals surface area contributed by atoms with Crippen molar-refractivity contribution < 1.29 is 38.5 Å². The molecule has 0 radical (unpaired) electrons. The van der Waals surface area contributed by atoms with Gasteiger partial charge in [-0.3, -0.25) is 9.59 Å². The number of carbonyl (C=O) groups is 4. The van der Waals surface area contributed by atoms with Crippen LogP contribution in [0.15, 0.2) is 12.2 Å². The van der Waals surface area contributed by atoms with Crippen molar-refractivity contribution in [1.82, 2.24) is 5.32 Å². The molecular weight excluding hydrogens is 670 g/mol. The van der Waals surface area contributed by atoms with Crippen molar-refractivity contribution in [2.24, 2.45) is 0 Å². The number of unbranched alkanes of at least 4 members (excludes halogenated alkanes) is 20. The third kappa shape index (κ3) is 36.2. The van der Waals surface area contributed by atoms with E-state index in [0.29, 0.717) is 25.0 Å². The summed E-state index contributed by atoms with van der Waals surface area (Å²) in [5.41, 5.74) is 0.366. The molecule has 2 N–H and O–H groups in total. The lowest BCUT2D eigenvalue weighted by atomic mass is 10.0. The van der Waals surface area contributed by atoms with Gasteiger partial charge in [0.25, 0.3) is 0 Å². The molecule has 0 fully saturated rings. The SMILES string of the molecule is C=C(C)C(=O)OCCCNC(=O)OC(CCCCCC)CCCCCCCCCCC(=O)OC(CCCCCC)CCCCCCCCCCC(=O)O. The molecule has 0 spiro atoms. The van der Waals surface area contributed by atoms with Crippen molar-refractivity contribution >= 4 is 24.0 Å². The molecule has 9 heteroatoms. The van der Waals surface area contributed by atoms with E-state index < -0.39 is 18.0 Å². The Bertz CT molecular complexity index is 923. The van der Waals surface area contributed by atoms with Crippen LogP contribution in [0.3, 0.4) is 0 Å². The van der Waals surface area contributed by atoms with Crippen LogP contribution in [0.2, 0.25) is 0 Å². The van der Waals surface area contributed by atoms with Crippen LogP contribution < -0.4 is 5.32 Å². The van der Waals surface area contributed by atoms with Crippen molar-refractivity contribution in [3.63, 3.8) is 0 Å². The highest BCUT2D eigenvalue weighted by atomic mass is 16.6. The molecular formula is C44H81NO8. The molecule has 0 aliphatic heterocycles. The predicted octanol–water partition coefficient (Wildman–Crippen LogP) is 12.3. The Hall–Kier alpha value is -2.58. The van der Waals surface area contributed by atoms with Crippen LogP contribution in [-0.2, 0) is 28.6 Å². The number of ether oxygens (including phenoxy) is 3. The quantitative estimate of drug-likeness (QED) is 0.0275. The number of hydrogen-bond donors (Lipinski definition) is 2. The van der Waals surface area contributed by atoms with Gasteiger partial charge in [-0.05, 0) is 77.6 Å². The molecule has 0 bridgehead atoms. The van der Waals surface area contributed by atoms with Gasteiger partial charge in [0.15, 0.2) is 0 Å². The van der Waals surface area contributed by atoms with E-state index in [2.05, 4.69) is 25.7 Å². The van der Waals surface area contributed by atoms with Gasteiger partial charge < -0.3 is 24.6 Å². The minimum Gasteiger partial charge on any atom is -0.481 e. The van der Waals surface area contributed by atoms with Crippen LogP contribution in [0.5, 0.6) is 0 Å². The van der Waals surface area contributed by atoms with Gasteiger partial charge in [0.1, 0.15) is 12.2 Å². The summed E-state index contributed by atoms with van der Waals surface area (Å²) in [6, 6.07) is 0. The molecule has 2 unspecified atom stereocenters. The number of alkyl carbamates (subject to hydrolysis) is 1. The van der Waals surface area contributed by atoms with Gasteiger partial charge in [0.05, 0.1) is 6.61 Å². The third-order valence-corrected chi connectivity index (χ3v) is 9.83. The Morgan fingerprint density at radius 3 is 1.38 bits per heavy atom. The molecule has 1 amide bonds. The average Bonchev–Trinajstić information content (AvgIpc) is 3.12. The van der Waals surface area contributed by atoms with Crippen molar-refractivity contribution in [2.75, 3.05) is 13.2 Å². The number of hydrogen-bond acceptors (Lipinski definition) is 7. The number of rotatable bonds is 39.